The Morgan fingerprint density at radius 2 is 1.81 bits per heavy atom. The van der Waals surface area contributed by atoms with E-state index in [0.717, 1.165) is 22.6 Å². The predicted molar refractivity (Wildman–Crippen MR) is 106 cm³/mol. The molecular weight excluding hydrogens is 346 g/mol. The van der Waals surface area contributed by atoms with Crippen LogP contribution in [0.1, 0.15) is 39.4 Å². The Balaban J connectivity index is 1.82. The number of rotatable bonds is 11. The van der Waals surface area contributed by atoms with Crippen molar-refractivity contribution >= 4 is 23.0 Å². The van der Waals surface area contributed by atoms with Crippen molar-refractivity contribution in [3.8, 4) is 0 Å². The summed E-state index contributed by atoms with van der Waals surface area (Å²) in [5.41, 5.74) is 1.27. The van der Waals surface area contributed by atoms with Crippen molar-refractivity contribution in [2.75, 3.05) is 26.8 Å². The summed E-state index contributed by atoms with van der Waals surface area (Å²) in [6, 6.07) is 14.0. The van der Waals surface area contributed by atoms with Crippen molar-refractivity contribution in [2.45, 2.75) is 32.6 Å². The topological polar surface area (TPSA) is 46.6 Å². The van der Waals surface area contributed by atoms with Crippen molar-refractivity contribution in [1.29, 1.82) is 0 Å². The number of benzene rings is 1. The van der Waals surface area contributed by atoms with Gasteiger partial charge in [-0.1, -0.05) is 30.3 Å². The van der Waals surface area contributed by atoms with Gasteiger partial charge >= 0.3 is 0 Å². The smallest absolute Gasteiger partial charge is 0.223 e. The van der Waals surface area contributed by atoms with E-state index in [1.807, 2.05) is 42.2 Å². The summed E-state index contributed by atoms with van der Waals surface area (Å²) in [6.07, 6.45) is 2.36. The number of nitrogens with zero attached hydrogens (tertiary/aromatic N) is 1. The largest absolute Gasteiger partial charge is 0.383 e. The highest BCUT2D eigenvalue weighted by Gasteiger charge is 2.16. The summed E-state index contributed by atoms with van der Waals surface area (Å²) in [7, 11) is 1.63. The molecule has 4 nitrogen and oxygen atoms in total. The van der Waals surface area contributed by atoms with E-state index in [9.17, 15) is 9.59 Å². The molecule has 1 heterocycles. The molecule has 0 unspecified atom stereocenters. The molecule has 5 heteroatoms. The second-order valence-electron chi connectivity index (χ2n) is 6.30. The van der Waals surface area contributed by atoms with Crippen molar-refractivity contribution in [1.82, 2.24) is 4.90 Å². The molecule has 0 saturated heterocycles. The highest BCUT2D eigenvalue weighted by Crippen LogP contribution is 2.18. The minimum absolute atomic E-state index is 0.0248. The zero-order valence-corrected chi connectivity index (χ0v) is 16.4. The summed E-state index contributed by atoms with van der Waals surface area (Å²) >= 11 is 1.49. The van der Waals surface area contributed by atoms with E-state index < -0.39 is 0 Å². The predicted octanol–water partition coefficient (Wildman–Crippen LogP) is 4.13. The van der Waals surface area contributed by atoms with Gasteiger partial charge in [0.25, 0.3) is 0 Å². The maximum absolute atomic E-state index is 12.6. The van der Waals surface area contributed by atoms with E-state index >= 15 is 0 Å². The van der Waals surface area contributed by atoms with Crippen molar-refractivity contribution in [2.24, 2.45) is 0 Å². The number of carbonyl (C=O) groups is 2. The van der Waals surface area contributed by atoms with Gasteiger partial charge in [0, 0.05) is 37.9 Å². The summed E-state index contributed by atoms with van der Waals surface area (Å²) < 4.78 is 5.13. The summed E-state index contributed by atoms with van der Waals surface area (Å²) in [5.74, 6) is 0.0733. The van der Waals surface area contributed by atoms with Crippen LogP contribution in [0.15, 0.2) is 42.5 Å². The molecule has 0 saturated carbocycles. The highest BCUT2D eigenvalue weighted by molar-refractivity contribution is 7.14. The SMILES string of the molecule is COCCN(CCCc1ccccc1)C(=O)CCC(=O)c1ccc(C)s1. The van der Waals surface area contributed by atoms with Crippen LogP contribution >= 0.6 is 11.3 Å². The first kappa shape index (κ1) is 20.3. The van der Waals surface area contributed by atoms with Gasteiger partial charge in [-0.2, -0.15) is 0 Å². The van der Waals surface area contributed by atoms with Crippen molar-refractivity contribution in [3.63, 3.8) is 0 Å². The molecule has 0 N–H and O–H groups in total. The summed E-state index contributed by atoms with van der Waals surface area (Å²) in [6.45, 7) is 3.74. The summed E-state index contributed by atoms with van der Waals surface area (Å²) in [4.78, 5) is 28.4. The van der Waals surface area contributed by atoms with E-state index in [1.54, 1.807) is 7.11 Å². The lowest BCUT2D eigenvalue weighted by atomic mass is 10.1. The van der Waals surface area contributed by atoms with E-state index in [1.165, 1.54) is 16.9 Å². The van der Waals surface area contributed by atoms with Gasteiger partial charge in [-0.15, -0.1) is 11.3 Å². The molecule has 0 aliphatic rings. The number of thiophene rings is 1. The molecule has 0 bridgehead atoms. The van der Waals surface area contributed by atoms with Gasteiger partial charge in [0.1, 0.15) is 0 Å². The van der Waals surface area contributed by atoms with Crippen LogP contribution in [0.3, 0.4) is 0 Å². The van der Waals surface area contributed by atoms with Gasteiger partial charge < -0.3 is 9.64 Å². The number of Topliss-reactive ketones (excluding diaryl/α,β-unsaturated/α-hetero) is 1. The monoisotopic (exact) mass is 373 g/mol. The number of amides is 1. The molecule has 1 amide bonds. The maximum atomic E-state index is 12.6. The normalized spacial score (nSPS) is 10.7. The minimum Gasteiger partial charge on any atom is -0.383 e. The van der Waals surface area contributed by atoms with Gasteiger partial charge in [-0.05, 0) is 37.5 Å². The molecular formula is C21H27NO3S. The van der Waals surface area contributed by atoms with Gasteiger partial charge in [0.05, 0.1) is 11.5 Å². The number of hydrogen-bond acceptors (Lipinski definition) is 4. The van der Waals surface area contributed by atoms with Gasteiger partial charge in [0.15, 0.2) is 5.78 Å². The summed E-state index contributed by atoms with van der Waals surface area (Å²) in [5, 5.41) is 0. The Labute approximate surface area is 159 Å². The molecule has 1 aromatic heterocycles. The molecule has 0 spiro atoms. The van der Waals surface area contributed by atoms with Crippen molar-refractivity contribution in [3.05, 3.63) is 57.8 Å². The molecule has 0 atom stereocenters. The molecule has 0 radical (unpaired) electrons. The zero-order chi connectivity index (χ0) is 18.8. The van der Waals surface area contributed by atoms with Gasteiger partial charge in [0.2, 0.25) is 5.91 Å². The third kappa shape index (κ3) is 6.73. The van der Waals surface area contributed by atoms with Crippen LogP contribution < -0.4 is 0 Å². The lowest BCUT2D eigenvalue weighted by Crippen LogP contribution is -2.35. The van der Waals surface area contributed by atoms with E-state index in [-0.39, 0.29) is 24.5 Å². The standard InChI is InChI=1S/C21H27NO3S/c1-17-10-12-20(26-17)19(23)11-13-21(24)22(15-16-25-2)14-6-9-18-7-4-3-5-8-18/h3-5,7-8,10,12H,6,9,11,13-16H2,1-2H3. The Morgan fingerprint density at radius 3 is 2.46 bits per heavy atom. The first-order valence-corrected chi connectivity index (χ1v) is 9.82. The number of methoxy groups -OCH3 is 1. The maximum Gasteiger partial charge on any atom is 0.223 e. The molecule has 140 valence electrons. The first-order chi connectivity index (χ1) is 12.6. The lowest BCUT2D eigenvalue weighted by Gasteiger charge is -2.22. The fourth-order valence-corrected chi connectivity index (χ4v) is 3.60. The van der Waals surface area contributed by atoms with Crippen LogP contribution in [0.5, 0.6) is 0 Å². The number of aryl methyl sites for hydroxylation is 2. The average molecular weight is 374 g/mol. The molecule has 0 fully saturated rings. The van der Waals surface area contributed by atoms with Crippen molar-refractivity contribution < 1.29 is 14.3 Å². The average Bonchev–Trinajstić information content (AvgIpc) is 3.09. The fraction of sp³-hybridized carbons (Fsp3) is 0.429. The third-order valence-electron chi connectivity index (χ3n) is 4.24. The third-order valence-corrected chi connectivity index (χ3v) is 5.28. The Kier molecular flexibility index (Phi) is 8.51. The minimum atomic E-state index is 0.0248. The first-order valence-electron chi connectivity index (χ1n) is 9.00. The molecule has 1 aromatic carbocycles. The number of hydrogen-bond donors (Lipinski definition) is 0. The fourth-order valence-electron chi connectivity index (χ4n) is 2.77. The Hall–Kier alpha value is -1.98. The highest BCUT2D eigenvalue weighted by atomic mass is 32.1. The van der Waals surface area contributed by atoms with E-state index in [0.29, 0.717) is 19.7 Å². The Morgan fingerprint density at radius 1 is 1.04 bits per heavy atom. The number of carbonyl (C=O) groups excluding carboxylic acids is 2. The van der Waals surface area contributed by atoms with Gasteiger partial charge in [-0.3, -0.25) is 9.59 Å². The number of ether oxygens (including phenoxy) is 1. The zero-order valence-electron chi connectivity index (χ0n) is 15.6. The van der Waals surface area contributed by atoms with Crippen LogP contribution in [0.2, 0.25) is 0 Å². The second-order valence-corrected chi connectivity index (χ2v) is 7.58. The lowest BCUT2D eigenvalue weighted by molar-refractivity contribution is -0.131. The Bertz CT molecular complexity index is 696. The van der Waals surface area contributed by atoms with Crippen LogP contribution in [0.4, 0.5) is 0 Å². The van der Waals surface area contributed by atoms with Gasteiger partial charge in [-0.25, -0.2) is 0 Å². The van der Waals surface area contributed by atoms with E-state index in [2.05, 4.69) is 12.1 Å². The quantitative estimate of drug-likeness (QED) is 0.557. The van der Waals surface area contributed by atoms with Crippen LogP contribution in [-0.2, 0) is 16.0 Å². The molecule has 0 aliphatic heterocycles. The van der Waals surface area contributed by atoms with Crippen LogP contribution in [-0.4, -0.2) is 43.4 Å². The molecule has 2 rings (SSSR count). The van der Waals surface area contributed by atoms with Crippen LogP contribution in [0.25, 0.3) is 0 Å². The molecule has 26 heavy (non-hydrogen) atoms. The molecule has 0 aliphatic carbocycles. The van der Waals surface area contributed by atoms with Crippen LogP contribution in [0, 0.1) is 6.92 Å². The number of ketones is 1. The molecule has 2 aromatic rings. The van der Waals surface area contributed by atoms with E-state index in [4.69, 9.17) is 4.74 Å². The second kappa shape index (κ2) is 10.9.